The van der Waals surface area contributed by atoms with Crippen molar-refractivity contribution < 1.29 is 14.3 Å². The number of nitrogens with zero attached hydrogens (tertiary/aromatic N) is 2. The molecule has 2 fully saturated rings. The number of hydrogen-bond acceptors (Lipinski definition) is 5. The van der Waals surface area contributed by atoms with Crippen LogP contribution in [0.5, 0.6) is 5.88 Å². The Bertz CT molecular complexity index is 514. The van der Waals surface area contributed by atoms with Crippen molar-refractivity contribution in [1.82, 2.24) is 15.2 Å². The lowest BCUT2D eigenvalue weighted by Crippen LogP contribution is -2.45. The summed E-state index contributed by atoms with van der Waals surface area (Å²) in [7, 11) is 2.06. The van der Waals surface area contributed by atoms with Crippen LogP contribution >= 0.6 is 0 Å². The summed E-state index contributed by atoms with van der Waals surface area (Å²) in [6, 6.07) is 3.54. The molecule has 1 saturated carbocycles. The number of ether oxygens (including phenoxy) is 2. The molecular weight excluding hydrogens is 294 g/mol. The van der Waals surface area contributed by atoms with E-state index in [0.29, 0.717) is 24.6 Å². The molecule has 126 valence electrons. The van der Waals surface area contributed by atoms with Crippen LogP contribution in [0, 0.1) is 0 Å². The van der Waals surface area contributed by atoms with E-state index < -0.39 is 0 Å². The van der Waals surface area contributed by atoms with Crippen molar-refractivity contribution in [1.29, 1.82) is 0 Å². The van der Waals surface area contributed by atoms with Gasteiger partial charge in [0, 0.05) is 31.9 Å². The smallest absolute Gasteiger partial charge is 0.252 e. The minimum atomic E-state index is -0.123. The first-order valence-electron chi connectivity index (χ1n) is 8.42. The quantitative estimate of drug-likeness (QED) is 0.890. The molecular formula is C17H25N3O3. The summed E-state index contributed by atoms with van der Waals surface area (Å²) in [5, 5.41) is 2.91. The highest BCUT2D eigenvalue weighted by atomic mass is 16.5. The standard InChI is InChI=1S/C17H25N3O3/c1-20-8-9-22-15(12-20)11-19-17(21)13-6-7-16(18-10-13)23-14-4-2-3-5-14/h6-7,10,14-15H,2-5,8-9,11-12H2,1H3,(H,19,21)/t15-/m0/s1. The first-order chi connectivity index (χ1) is 11.2. The third kappa shape index (κ3) is 4.65. The van der Waals surface area contributed by atoms with Crippen LogP contribution in [0.1, 0.15) is 36.0 Å². The van der Waals surface area contributed by atoms with E-state index in [2.05, 4.69) is 22.2 Å². The zero-order valence-corrected chi connectivity index (χ0v) is 13.7. The van der Waals surface area contributed by atoms with Gasteiger partial charge in [-0.05, 0) is 38.8 Å². The van der Waals surface area contributed by atoms with E-state index in [9.17, 15) is 4.79 Å². The summed E-state index contributed by atoms with van der Waals surface area (Å²) in [5.74, 6) is 0.479. The Kier molecular flexibility index (Phi) is 5.46. The van der Waals surface area contributed by atoms with E-state index in [1.54, 1.807) is 18.3 Å². The van der Waals surface area contributed by atoms with E-state index >= 15 is 0 Å². The van der Waals surface area contributed by atoms with Crippen molar-refractivity contribution in [2.24, 2.45) is 0 Å². The summed E-state index contributed by atoms with van der Waals surface area (Å²) < 4.78 is 11.4. The van der Waals surface area contributed by atoms with Gasteiger partial charge < -0.3 is 19.7 Å². The third-order valence-electron chi connectivity index (χ3n) is 4.42. The number of likely N-dealkylation sites (N-methyl/N-ethyl adjacent to an activating group) is 1. The molecule has 1 aliphatic carbocycles. The van der Waals surface area contributed by atoms with Crippen molar-refractivity contribution in [3.8, 4) is 5.88 Å². The van der Waals surface area contributed by atoms with Gasteiger partial charge in [0.05, 0.1) is 18.3 Å². The molecule has 6 nitrogen and oxygen atoms in total. The lowest BCUT2D eigenvalue weighted by Gasteiger charge is -2.30. The van der Waals surface area contributed by atoms with Gasteiger partial charge in [-0.2, -0.15) is 0 Å². The van der Waals surface area contributed by atoms with Crippen LogP contribution < -0.4 is 10.1 Å². The molecule has 1 aliphatic heterocycles. The van der Waals surface area contributed by atoms with Crippen LogP contribution in [0.3, 0.4) is 0 Å². The van der Waals surface area contributed by atoms with Gasteiger partial charge in [-0.3, -0.25) is 4.79 Å². The Hall–Kier alpha value is -1.66. The molecule has 0 spiro atoms. The average molecular weight is 319 g/mol. The predicted molar refractivity (Wildman–Crippen MR) is 86.7 cm³/mol. The second-order valence-corrected chi connectivity index (χ2v) is 6.37. The lowest BCUT2D eigenvalue weighted by molar-refractivity contribution is -0.0175. The SMILES string of the molecule is CN1CCO[C@@H](CNC(=O)c2ccc(OC3CCCC3)nc2)C1. The molecule has 1 saturated heterocycles. The Balaban J connectivity index is 1.47. The monoisotopic (exact) mass is 319 g/mol. The number of nitrogens with one attached hydrogen (secondary N) is 1. The molecule has 23 heavy (non-hydrogen) atoms. The molecule has 2 heterocycles. The number of carbonyl (C=O) groups is 1. The van der Waals surface area contributed by atoms with Gasteiger partial charge >= 0.3 is 0 Å². The summed E-state index contributed by atoms with van der Waals surface area (Å²) in [5.41, 5.74) is 0.549. The normalized spacial score (nSPS) is 22.9. The average Bonchev–Trinajstić information content (AvgIpc) is 3.06. The zero-order chi connectivity index (χ0) is 16.1. The molecule has 0 bridgehead atoms. The molecule has 1 N–H and O–H groups in total. The van der Waals surface area contributed by atoms with Crippen molar-refractivity contribution >= 4 is 5.91 Å². The van der Waals surface area contributed by atoms with E-state index in [0.717, 1.165) is 25.9 Å². The highest BCUT2D eigenvalue weighted by Gasteiger charge is 2.19. The number of amides is 1. The number of morpholine rings is 1. The van der Waals surface area contributed by atoms with E-state index in [1.807, 2.05) is 0 Å². The van der Waals surface area contributed by atoms with Crippen molar-refractivity contribution in [3.63, 3.8) is 0 Å². The van der Waals surface area contributed by atoms with Crippen LogP contribution in [0.15, 0.2) is 18.3 Å². The highest BCUT2D eigenvalue weighted by molar-refractivity contribution is 5.93. The summed E-state index contributed by atoms with van der Waals surface area (Å²) >= 11 is 0. The van der Waals surface area contributed by atoms with Crippen molar-refractivity contribution in [3.05, 3.63) is 23.9 Å². The van der Waals surface area contributed by atoms with Gasteiger partial charge in [0.15, 0.2) is 0 Å². The molecule has 3 rings (SSSR count). The lowest BCUT2D eigenvalue weighted by atomic mass is 10.2. The molecule has 1 aromatic rings. The van der Waals surface area contributed by atoms with Gasteiger partial charge in [0.25, 0.3) is 5.91 Å². The molecule has 6 heteroatoms. The second-order valence-electron chi connectivity index (χ2n) is 6.37. The summed E-state index contributed by atoms with van der Waals surface area (Å²) in [4.78, 5) is 18.6. The molecule has 0 unspecified atom stereocenters. The third-order valence-corrected chi connectivity index (χ3v) is 4.42. The molecule has 0 aromatic carbocycles. The summed E-state index contributed by atoms with van der Waals surface area (Å²) in [6.45, 7) is 3.01. The van der Waals surface area contributed by atoms with Crippen LogP contribution in [0.2, 0.25) is 0 Å². The molecule has 2 aliphatic rings. The molecule has 1 atom stereocenters. The highest BCUT2D eigenvalue weighted by Crippen LogP contribution is 2.22. The fourth-order valence-corrected chi connectivity index (χ4v) is 3.06. The van der Waals surface area contributed by atoms with Crippen molar-refractivity contribution in [2.75, 3.05) is 33.3 Å². The fraction of sp³-hybridized carbons (Fsp3) is 0.647. The maximum Gasteiger partial charge on any atom is 0.252 e. The van der Waals surface area contributed by atoms with Gasteiger partial charge in [-0.25, -0.2) is 4.98 Å². The largest absolute Gasteiger partial charge is 0.474 e. The van der Waals surface area contributed by atoms with Crippen molar-refractivity contribution in [2.45, 2.75) is 37.9 Å². The van der Waals surface area contributed by atoms with E-state index in [1.165, 1.54) is 12.8 Å². The molecule has 1 aromatic heterocycles. The number of rotatable bonds is 5. The Labute approximate surface area is 137 Å². The first-order valence-corrected chi connectivity index (χ1v) is 8.42. The van der Waals surface area contributed by atoms with E-state index in [-0.39, 0.29) is 18.1 Å². The maximum absolute atomic E-state index is 12.2. The Morgan fingerprint density at radius 2 is 2.26 bits per heavy atom. The number of aromatic nitrogens is 1. The van der Waals surface area contributed by atoms with Crippen LogP contribution in [0.25, 0.3) is 0 Å². The van der Waals surface area contributed by atoms with Crippen LogP contribution in [0.4, 0.5) is 0 Å². The zero-order valence-electron chi connectivity index (χ0n) is 13.7. The second kappa shape index (κ2) is 7.75. The minimum absolute atomic E-state index is 0.0515. The fourth-order valence-electron chi connectivity index (χ4n) is 3.06. The predicted octanol–water partition coefficient (Wildman–Crippen LogP) is 1.46. The number of hydrogen-bond donors (Lipinski definition) is 1. The molecule has 0 radical (unpaired) electrons. The number of pyridine rings is 1. The Morgan fingerprint density at radius 1 is 1.43 bits per heavy atom. The van der Waals surface area contributed by atoms with Crippen LogP contribution in [-0.2, 0) is 4.74 Å². The summed E-state index contributed by atoms with van der Waals surface area (Å²) in [6.07, 6.45) is 6.55. The number of carbonyl (C=O) groups excluding carboxylic acids is 1. The van der Waals surface area contributed by atoms with Gasteiger partial charge in [-0.1, -0.05) is 0 Å². The van der Waals surface area contributed by atoms with Gasteiger partial charge in [0.2, 0.25) is 5.88 Å². The van der Waals surface area contributed by atoms with Gasteiger partial charge in [0.1, 0.15) is 6.10 Å². The van der Waals surface area contributed by atoms with Crippen LogP contribution in [-0.4, -0.2) is 61.3 Å². The Morgan fingerprint density at radius 3 is 2.96 bits per heavy atom. The van der Waals surface area contributed by atoms with Gasteiger partial charge in [-0.15, -0.1) is 0 Å². The first kappa shape index (κ1) is 16.2. The van der Waals surface area contributed by atoms with E-state index in [4.69, 9.17) is 9.47 Å². The topological polar surface area (TPSA) is 63.7 Å². The minimum Gasteiger partial charge on any atom is -0.474 e. The molecule has 1 amide bonds. The maximum atomic E-state index is 12.2.